The van der Waals surface area contributed by atoms with E-state index in [4.69, 9.17) is 5.11 Å². The highest BCUT2D eigenvalue weighted by molar-refractivity contribution is 6.03. The van der Waals surface area contributed by atoms with E-state index in [0.717, 1.165) is 0 Å². The second kappa shape index (κ2) is 6.72. The fourth-order valence-corrected chi connectivity index (χ4v) is 2.69. The molecule has 0 bridgehead atoms. The van der Waals surface area contributed by atoms with Crippen molar-refractivity contribution in [3.8, 4) is 0 Å². The molecule has 2 amide bonds. The quantitative estimate of drug-likeness (QED) is 0.894. The van der Waals surface area contributed by atoms with E-state index in [2.05, 4.69) is 5.32 Å². The minimum absolute atomic E-state index is 0.0632. The average molecular weight is 342 g/mol. The van der Waals surface area contributed by atoms with Gasteiger partial charge in [-0.05, 0) is 48.5 Å². The summed E-state index contributed by atoms with van der Waals surface area (Å²) in [6.07, 6.45) is 0.0632. The highest BCUT2D eigenvalue weighted by atomic mass is 19.1. The first-order chi connectivity index (χ1) is 11.9. The summed E-state index contributed by atoms with van der Waals surface area (Å²) >= 11 is 0. The third-order valence-electron chi connectivity index (χ3n) is 4.03. The molecule has 1 heterocycles. The number of rotatable bonds is 4. The van der Waals surface area contributed by atoms with Crippen molar-refractivity contribution < 1.29 is 23.9 Å². The molecule has 1 aliphatic heterocycles. The average Bonchev–Trinajstić information content (AvgIpc) is 2.99. The number of carboxylic acid groups (broad SMARTS) is 1. The number of amides is 2. The van der Waals surface area contributed by atoms with Crippen molar-refractivity contribution in [3.63, 3.8) is 0 Å². The molecule has 2 aromatic rings. The van der Waals surface area contributed by atoms with Crippen LogP contribution in [0, 0.1) is 11.7 Å². The van der Waals surface area contributed by atoms with Gasteiger partial charge in [0.1, 0.15) is 5.82 Å². The largest absolute Gasteiger partial charge is 0.478 e. The Kier molecular flexibility index (Phi) is 4.47. The van der Waals surface area contributed by atoms with Gasteiger partial charge in [-0.15, -0.1) is 0 Å². The molecule has 128 valence electrons. The zero-order valence-corrected chi connectivity index (χ0v) is 13.1. The summed E-state index contributed by atoms with van der Waals surface area (Å²) in [7, 11) is 0. The topological polar surface area (TPSA) is 86.7 Å². The molecule has 1 unspecified atom stereocenters. The normalized spacial score (nSPS) is 16.8. The Hall–Kier alpha value is -3.22. The van der Waals surface area contributed by atoms with Crippen LogP contribution in [0.2, 0.25) is 0 Å². The molecule has 0 aliphatic carbocycles. The number of nitrogens with one attached hydrogen (secondary N) is 1. The Morgan fingerprint density at radius 1 is 1.08 bits per heavy atom. The van der Waals surface area contributed by atoms with Crippen LogP contribution in [0.15, 0.2) is 48.5 Å². The molecule has 1 saturated heterocycles. The Bertz CT molecular complexity index is 818. The van der Waals surface area contributed by atoms with Crippen LogP contribution in [-0.2, 0) is 9.59 Å². The van der Waals surface area contributed by atoms with Crippen LogP contribution < -0.4 is 10.2 Å². The standard InChI is InChI=1S/C18H15FN2O4/c19-13-3-5-14(6-4-13)20-17(23)12-9-16(22)21(10-12)15-7-1-11(2-8-15)18(24)25/h1-8,12H,9-10H2,(H,20,23)(H,24,25). The van der Waals surface area contributed by atoms with Gasteiger partial charge in [-0.3, -0.25) is 9.59 Å². The number of anilines is 2. The molecule has 0 spiro atoms. The number of hydrogen-bond acceptors (Lipinski definition) is 3. The Morgan fingerprint density at radius 2 is 1.72 bits per heavy atom. The van der Waals surface area contributed by atoms with E-state index < -0.39 is 17.7 Å². The van der Waals surface area contributed by atoms with Crippen molar-refractivity contribution in [1.82, 2.24) is 0 Å². The van der Waals surface area contributed by atoms with E-state index in [0.29, 0.717) is 11.4 Å². The predicted molar refractivity (Wildman–Crippen MR) is 88.9 cm³/mol. The number of carbonyl (C=O) groups excluding carboxylic acids is 2. The van der Waals surface area contributed by atoms with Gasteiger partial charge in [0.2, 0.25) is 11.8 Å². The zero-order valence-electron chi connectivity index (χ0n) is 13.1. The van der Waals surface area contributed by atoms with Crippen molar-refractivity contribution in [2.75, 3.05) is 16.8 Å². The van der Waals surface area contributed by atoms with E-state index in [1.165, 1.54) is 41.3 Å². The first kappa shape index (κ1) is 16.6. The van der Waals surface area contributed by atoms with Crippen LogP contribution in [-0.4, -0.2) is 29.4 Å². The number of benzene rings is 2. The second-order valence-corrected chi connectivity index (χ2v) is 5.75. The molecule has 2 aromatic carbocycles. The summed E-state index contributed by atoms with van der Waals surface area (Å²) in [5.41, 5.74) is 1.14. The molecule has 3 rings (SSSR count). The summed E-state index contributed by atoms with van der Waals surface area (Å²) in [5, 5.41) is 11.6. The number of aromatic carboxylic acids is 1. The third kappa shape index (κ3) is 3.65. The van der Waals surface area contributed by atoms with Gasteiger partial charge in [0, 0.05) is 24.3 Å². The van der Waals surface area contributed by atoms with Crippen LogP contribution in [0.1, 0.15) is 16.8 Å². The van der Waals surface area contributed by atoms with Crippen LogP contribution in [0.4, 0.5) is 15.8 Å². The number of carbonyl (C=O) groups is 3. The van der Waals surface area contributed by atoms with Crippen molar-refractivity contribution >= 4 is 29.2 Å². The molecular weight excluding hydrogens is 327 g/mol. The maximum Gasteiger partial charge on any atom is 0.335 e. The van der Waals surface area contributed by atoms with Crippen molar-refractivity contribution in [2.24, 2.45) is 5.92 Å². The number of halogens is 1. The van der Waals surface area contributed by atoms with Crippen LogP contribution in [0.25, 0.3) is 0 Å². The lowest BCUT2D eigenvalue weighted by atomic mass is 10.1. The van der Waals surface area contributed by atoms with Gasteiger partial charge < -0.3 is 15.3 Å². The molecule has 6 nitrogen and oxygen atoms in total. The van der Waals surface area contributed by atoms with E-state index in [1.807, 2.05) is 0 Å². The molecule has 1 fully saturated rings. The van der Waals surface area contributed by atoms with Crippen LogP contribution >= 0.6 is 0 Å². The Balaban J connectivity index is 1.68. The Labute approximate surface area is 142 Å². The van der Waals surface area contributed by atoms with Gasteiger partial charge >= 0.3 is 5.97 Å². The predicted octanol–water partition coefficient (Wildman–Crippen LogP) is 2.52. The van der Waals surface area contributed by atoms with E-state index in [9.17, 15) is 18.8 Å². The summed E-state index contributed by atoms with van der Waals surface area (Å²) < 4.78 is 12.9. The molecule has 1 aliphatic rings. The van der Waals surface area contributed by atoms with Crippen molar-refractivity contribution in [3.05, 3.63) is 59.9 Å². The fourth-order valence-electron chi connectivity index (χ4n) is 2.69. The van der Waals surface area contributed by atoms with Gasteiger partial charge in [0.05, 0.1) is 11.5 Å². The van der Waals surface area contributed by atoms with E-state index in [1.54, 1.807) is 12.1 Å². The summed E-state index contributed by atoms with van der Waals surface area (Å²) in [5.74, 6) is -2.50. The highest BCUT2D eigenvalue weighted by Crippen LogP contribution is 2.26. The first-order valence-electron chi connectivity index (χ1n) is 7.64. The molecule has 1 atom stereocenters. The molecule has 0 radical (unpaired) electrons. The zero-order chi connectivity index (χ0) is 18.0. The lowest BCUT2D eigenvalue weighted by Crippen LogP contribution is -2.28. The van der Waals surface area contributed by atoms with E-state index >= 15 is 0 Å². The smallest absolute Gasteiger partial charge is 0.335 e. The maximum absolute atomic E-state index is 12.9. The molecule has 0 saturated carbocycles. The van der Waals surface area contributed by atoms with Crippen molar-refractivity contribution in [2.45, 2.75) is 6.42 Å². The van der Waals surface area contributed by atoms with Gasteiger partial charge in [-0.25, -0.2) is 9.18 Å². The molecule has 2 N–H and O–H groups in total. The van der Waals surface area contributed by atoms with Gasteiger partial charge in [-0.2, -0.15) is 0 Å². The lowest BCUT2D eigenvalue weighted by Gasteiger charge is -2.17. The van der Waals surface area contributed by atoms with Crippen LogP contribution in [0.3, 0.4) is 0 Å². The monoisotopic (exact) mass is 342 g/mol. The lowest BCUT2D eigenvalue weighted by molar-refractivity contribution is -0.122. The summed E-state index contributed by atoms with van der Waals surface area (Å²) in [4.78, 5) is 36.8. The maximum atomic E-state index is 12.9. The number of nitrogens with zero attached hydrogens (tertiary/aromatic N) is 1. The summed E-state index contributed by atoms with van der Waals surface area (Å²) in [6, 6.07) is 11.3. The third-order valence-corrected chi connectivity index (χ3v) is 4.03. The highest BCUT2D eigenvalue weighted by Gasteiger charge is 2.35. The van der Waals surface area contributed by atoms with E-state index in [-0.39, 0.29) is 30.3 Å². The molecule has 25 heavy (non-hydrogen) atoms. The SMILES string of the molecule is O=C(O)c1ccc(N2CC(C(=O)Nc3ccc(F)cc3)CC2=O)cc1. The minimum Gasteiger partial charge on any atom is -0.478 e. The molecule has 7 heteroatoms. The van der Waals surface area contributed by atoms with Crippen LogP contribution in [0.5, 0.6) is 0 Å². The molecule has 0 aromatic heterocycles. The van der Waals surface area contributed by atoms with Gasteiger partial charge in [0.15, 0.2) is 0 Å². The van der Waals surface area contributed by atoms with Gasteiger partial charge in [0.25, 0.3) is 0 Å². The second-order valence-electron chi connectivity index (χ2n) is 5.75. The Morgan fingerprint density at radius 3 is 2.32 bits per heavy atom. The first-order valence-corrected chi connectivity index (χ1v) is 7.64. The molecular formula is C18H15FN2O4. The summed E-state index contributed by atoms with van der Waals surface area (Å²) in [6.45, 7) is 0.207. The minimum atomic E-state index is -1.05. The number of carboxylic acids is 1. The van der Waals surface area contributed by atoms with Crippen molar-refractivity contribution in [1.29, 1.82) is 0 Å². The van der Waals surface area contributed by atoms with Gasteiger partial charge in [-0.1, -0.05) is 0 Å². The number of hydrogen-bond donors (Lipinski definition) is 2. The fraction of sp³-hybridized carbons (Fsp3) is 0.167.